The second kappa shape index (κ2) is 10.4. The van der Waals surface area contributed by atoms with Gasteiger partial charge in [-0.2, -0.15) is 0 Å². The average molecular weight is 373 g/mol. The van der Waals surface area contributed by atoms with Gasteiger partial charge in [0.15, 0.2) is 0 Å². The van der Waals surface area contributed by atoms with Gasteiger partial charge in [-0.25, -0.2) is 0 Å². The summed E-state index contributed by atoms with van der Waals surface area (Å²) in [7, 11) is -4.37. The number of benzene rings is 1. The number of aliphatic hydroxyl groups is 2. The van der Waals surface area contributed by atoms with Gasteiger partial charge >= 0.3 is 17.1 Å². The zero-order valence-corrected chi connectivity index (χ0v) is 17.1. The van der Waals surface area contributed by atoms with E-state index in [2.05, 4.69) is 6.92 Å². The molecule has 0 heterocycles. The molecule has 0 saturated heterocycles. The first kappa shape index (κ1) is 21.5. The second-order valence-corrected chi connectivity index (χ2v) is 12.9. The molecule has 1 rings (SSSR count). The number of aliphatic hydroxyl groups excluding tert-OH is 2. The van der Waals surface area contributed by atoms with E-state index >= 15 is 0 Å². The molecule has 1 aromatic rings. The second-order valence-electron chi connectivity index (χ2n) is 6.42. The van der Waals surface area contributed by atoms with E-state index in [1.165, 1.54) is 0 Å². The van der Waals surface area contributed by atoms with Gasteiger partial charge in [-0.1, -0.05) is 62.9 Å². The van der Waals surface area contributed by atoms with Gasteiger partial charge in [-0.05, 0) is 17.8 Å². The minimum atomic E-state index is -3.14. The molecule has 7 heteroatoms. The van der Waals surface area contributed by atoms with Crippen LogP contribution >= 0.6 is 0 Å². The summed E-state index contributed by atoms with van der Waals surface area (Å²) < 4.78 is 12.0. The Bertz CT molecular complexity index is 458. The van der Waals surface area contributed by atoms with Crippen molar-refractivity contribution >= 4 is 22.3 Å². The lowest BCUT2D eigenvalue weighted by Crippen LogP contribution is -2.59. The van der Waals surface area contributed by atoms with E-state index in [0.29, 0.717) is 6.04 Å². The van der Waals surface area contributed by atoms with Gasteiger partial charge in [0, 0.05) is 13.2 Å². The van der Waals surface area contributed by atoms with Crippen molar-refractivity contribution in [1.82, 2.24) is 0 Å². The third kappa shape index (κ3) is 6.75. The van der Waals surface area contributed by atoms with Gasteiger partial charge in [0.2, 0.25) is 0 Å². The summed E-state index contributed by atoms with van der Waals surface area (Å²) in [5.41, 5.74) is 0. The lowest BCUT2D eigenvalue weighted by Gasteiger charge is -2.36. The predicted octanol–water partition coefficient (Wildman–Crippen LogP) is 2.00. The Balaban J connectivity index is 2.93. The Morgan fingerprint density at radius 1 is 1.12 bits per heavy atom. The summed E-state index contributed by atoms with van der Waals surface area (Å²) in [6.45, 7) is 3.56. The van der Waals surface area contributed by atoms with E-state index in [-0.39, 0.29) is 12.7 Å². The first-order valence-corrected chi connectivity index (χ1v) is 13.3. The number of hydrogen-bond donors (Lipinski definition) is 3. The smallest absolute Gasteiger partial charge is 0.357 e. The van der Waals surface area contributed by atoms with Crippen LogP contribution < -0.4 is 5.19 Å². The predicted molar refractivity (Wildman–Crippen MR) is 101 cm³/mol. The van der Waals surface area contributed by atoms with Gasteiger partial charge in [-0.15, -0.1) is 0 Å². The zero-order chi connectivity index (χ0) is 18.1. The maximum atomic E-state index is 11.0. The molecule has 0 fully saturated rings. The number of unbranched alkanes of at least 4 members (excludes halogenated alkanes) is 3. The Kier molecular flexibility index (Phi) is 9.36. The first-order chi connectivity index (χ1) is 11.4. The quantitative estimate of drug-likeness (QED) is 0.386. The van der Waals surface area contributed by atoms with Gasteiger partial charge in [0.1, 0.15) is 0 Å². The lowest BCUT2D eigenvalue weighted by atomic mass is 10.2. The third-order valence-corrected chi connectivity index (χ3v) is 11.7. The fraction of sp³-hybridized carbons (Fsp3) is 0.647. The van der Waals surface area contributed by atoms with Gasteiger partial charge in [-0.3, -0.25) is 0 Å². The highest BCUT2D eigenvalue weighted by Crippen LogP contribution is 2.27. The van der Waals surface area contributed by atoms with E-state index in [1.807, 2.05) is 30.3 Å². The molecule has 0 radical (unpaired) electrons. The SMILES string of the molecule is CCCCCC[Si](CC(O)CO)(OC)O[Si](C)(O)c1ccccc1. The van der Waals surface area contributed by atoms with Crippen LogP contribution in [0.3, 0.4) is 0 Å². The van der Waals surface area contributed by atoms with Crippen LogP contribution in [0.4, 0.5) is 0 Å². The van der Waals surface area contributed by atoms with E-state index in [9.17, 15) is 15.0 Å². The summed E-state index contributed by atoms with van der Waals surface area (Å²) in [5, 5.41) is 20.0. The molecule has 0 aliphatic carbocycles. The Hall–Kier alpha value is -0.546. The lowest BCUT2D eigenvalue weighted by molar-refractivity contribution is 0.0989. The van der Waals surface area contributed by atoms with Crippen molar-refractivity contribution in [2.24, 2.45) is 0 Å². The van der Waals surface area contributed by atoms with Crippen LogP contribution in [0.5, 0.6) is 0 Å². The van der Waals surface area contributed by atoms with Crippen molar-refractivity contribution < 1.29 is 23.5 Å². The molecular formula is C17H32O5Si2. The molecule has 0 spiro atoms. The summed E-state index contributed by atoms with van der Waals surface area (Å²) in [6, 6.07) is 10.3. The molecule has 0 aromatic heterocycles. The van der Waals surface area contributed by atoms with E-state index in [1.54, 1.807) is 13.7 Å². The Labute approximate surface area is 147 Å². The van der Waals surface area contributed by atoms with Crippen LogP contribution in [0, 0.1) is 0 Å². The summed E-state index contributed by atoms with van der Waals surface area (Å²) in [6.07, 6.45) is 3.40. The molecule has 0 aliphatic rings. The minimum absolute atomic E-state index is 0.266. The maximum Gasteiger partial charge on any atom is 0.357 e. The fourth-order valence-electron chi connectivity index (χ4n) is 2.83. The molecule has 24 heavy (non-hydrogen) atoms. The van der Waals surface area contributed by atoms with Crippen molar-refractivity contribution in [3.05, 3.63) is 30.3 Å². The van der Waals surface area contributed by atoms with E-state index < -0.39 is 23.2 Å². The van der Waals surface area contributed by atoms with E-state index in [4.69, 9.17) is 8.54 Å². The molecule has 5 nitrogen and oxygen atoms in total. The normalized spacial score (nSPS) is 17.9. The molecule has 0 bridgehead atoms. The topological polar surface area (TPSA) is 79.2 Å². The van der Waals surface area contributed by atoms with Gasteiger partial charge < -0.3 is 23.5 Å². The Morgan fingerprint density at radius 2 is 1.79 bits per heavy atom. The fourth-order valence-corrected chi connectivity index (χ4v) is 10.3. The molecule has 0 amide bonds. The first-order valence-electron chi connectivity index (χ1n) is 8.71. The highest BCUT2D eigenvalue weighted by Gasteiger charge is 2.46. The molecule has 0 aliphatic heterocycles. The summed E-state index contributed by atoms with van der Waals surface area (Å²) in [5.74, 6) is 0. The van der Waals surface area contributed by atoms with Crippen LogP contribution in [0.1, 0.15) is 32.6 Å². The molecule has 0 saturated carbocycles. The molecule has 3 atom stereocenters. The molecular weight excluding hydrogens is 340 g/mol. The van der Waals surface area contributed by atoms with Gasteiger partial charge in [0.05, 0.1) is 12.7 Å². The highest BCUT2D eigenvalue weighted by molar-refractivity contribution is 6.87. The average Bonchev–Trinajstić information content (AvgIpc) is 2.59. The molecule has 1 aromatic carbocycles. The summed E-state index contributed by atoms with van der Waals surface area (Å²) in [4.78, 5) is 11.0. The largest absolute Gasteiger partial charge is 0.411 e. The number of rotatable bonds is 12. The third-order valence-electron chi connectivity index (χ3n) is 4.23. The van der Waals surface area contributed by atoms with Crippen molar-refractivity contribution in [1.29, 1.82) is 0 Å². The van der Waals surface area contributed by atoms with Crippen molar-refractivity contribution in [2.75, 3.05) is 13.7 Å². The van der Waals surface area contributed by atoms with Crippen LogP contribution in [0.15, 0.2) is 30.3 Å². The van der Waals surface area contributed by atoms with Crippen molar-refractivity contribution in [3.8, 4) is 0 Å². The molecule has 138 valence electrons. The van der Waals surface area contributed by atoms with Crippen LogP contribution in [-0.2, 0) is 8.54 Å². The highest BCUT2D eigenvalue weighted by atomic mass is 28.5. The van der Waals surface area contributed by atoms with Gasteiger partial charge in [0.25, 0.3) is 0 Å². The van der Waals surface area contributed by atoms with E-state index in [0.717, 1.165) is 30.9 Å². The zero-order valence-electron chi connectivity index (χ0n) is 15.1. The van der Waals surface area contributed by atoms with Crippen LogP contribution in [-0.4, -0.2) is 52.0 Å². The molecule has 3 unspecified atom stereocenters. The minimum Gasteiger partial charge on any atom is -0.411 e. The number of hydrogen-bond acceptors (Lipinski definition) is 5. The maximum absolute atomic E-state index is 11.0. The standard InChI is InChI=1S/C17H32O5Si2/c1-4-5-6-10-13-24(21-2,15-16(19)14-18)22-23(3,20)17-11-8-7-9-12-17/h7-9,11-12,16,18-20H,4-6,10,13-15H2,1-3H3. The monoisotopic (exact) mass is 372 g/mol. The summed E-state index contributed by atoms with van der Waals surface area (Å²) >= 11 is 0. The Morgan fingerprint density at radius 3 is 2.33 bits per heavy atom. The molecule has 3 N–H and O–H groups in total. The van der Waals surface area contributed by atoms with Crippen molar-refractivity contribution in [2.45, 2.75) is 57.3 Å². The van der Waals surface area contributed by atoms with Crippen LogP contribution in [0.2, 0.25) is 18.6 Å². The van der Waals surface area contributed by atoms with Crippen LogP contribution in [0.25, 0.3) is 0 Å². The van der Waals surface area contributed by atoms with Crippen molar-refractivity contribution in [3.63, 3.8) is 0 Å².